The molecule has 1 aliphatic carbocycles. The Bertz CT molecular complexity index is 1350. The highest BCUT2D eigenvalue weighted by Crippen LogP contribution is 2.38. The number of amides is 1. The van der Waals surface area contributed by atoms with Gasteiger partial charge >= 0.3 is 0 Å². The molecule has 190 valence electrons. The lowest BCUT2D eigenvalue weighted by atomic mass is 9.89. The summed E-state index contributed by atoms with van der Waals surface area (Å²) in [5.41, 5.74) is 7.11. The summed E-state index contributed by atoms with van der Waals surface area (Å²) in [7, 11) is 0. The van der Waals surface area contributed by atoms with E-state index in [1.54, 1.807) is 6.20 Å². The van der Waals surface area contributed by atoms with Crippen LogP contribution in [0.5, 0.6) is 0 Å². The fourth-order valence-corrected chi connectivity index (χ4v) is 5.44. The monoisotopic (exact) mass is 494 g/mol. The summed E-state index contributed by atoms with van der Waals surface area (Å²) in [5.74, 6) is 0.861. The topological polar surface area (TPSA) is 86.8 Å². The van der Waals surface area contributed by atoms with Crippen molar-refractivity contribution < 1.29 is 4.79 Å². The first kappa shape index (κ1) is 24.8. The zero-order valence-electron chi connectivity index (χ0n) is 21.7. The number of imidazole rings is 1. The third kappa shape index (κ3) is 5.47. The third-order valence-electron chi connectivity index (χ3n) is 7.36. The average molecular weight is 495 g/mol. The van der Waals surface area contributed by atoms with Gasteiger partial charge in [-0.3, -0.25) is 19.7 Å². The number of pyridine rings is 2. The smallest absolute Gasteiger partial charge is 0.253 e. The van der Waals surface area contributed by atoms with Crippen LogP contribution < -0.4 is 5.32 Å². The molecular weight excluding hydrogens is 460 g/mol. The van der Waals surface area contributed by atoms with Gasteiger partial charge < -0.3 is 10.3 Å². The Labute approximate surface area is 218 Å². The summed E-state index contributed by atoms with van der Waals surface area (Å²) in [6.45, 7) is 7.23. The molecule has 0 saturated carbocycles. The summed E-state index contributed by atoms with van der Waals surface area (Å²) in [6, 6.07) is 14.9. The van der Waals surface area contributed by atoms with Gasteiger partial charge in [0, 0.05) is 37.9 Å². The number of carbonyl (C=O) groups is 1. The van der Waals surface area contributed by atoms with Gasteiger partial charge in [0.25, 0.3) is 5.91 Å². The molecule has 2 atom stereocenters. The van der Waals surface area contributed by atoms with Gasteiger partial charge in [-0.05, 0) is 74.4 Å². The van der Waals surface area contributed by atoms with Crippen molar-refractivity contribution in [1.29, 1.82) is 0 Å². The van der Waals surface area contributed by atoms with Gasteiger partial charge in [-0.25, -0.2) is 4.98 Å². The molecule has 0 bridgehead atoms. The SMILES string of the molecule is Cc1ccnc(C)c1C(=O)NCc1cccc(CN(C(C)c2ncc[nH]2)C2CCCc3cccnc32)c1. The maximum Gasteiger partial charge on any atom is 0.253 e. The Balaban J connectivity index is 1.37. The second kappa shape index (κ2) is 11.0. The van der Waals surface area contributed by atoms with Gasteiger partial charge in [-0.15, -0.1) is 0 Å². The number of fused-ring (bicyclic) bond motifs is 1. The Morgan fingerprint density at radius 1 is 1.08 bits per heavy atom. The molecule has 2 N–H and O–H groups in total. The minimum atomic E-state index is -0.0912. The summed E-state index contributed by atoms with van der Waals surface area (Å²) in [5, 5.41) is 3.08. The molecule has 5 rings (SSSR count). The van der Waals surface area contributed by atoms with Crippen molar-refractivity contribution in [2.45, 2.75) is 65.2 Å². The van der Waals surface area contributed by atoms with Crippen molar-refractivity contribution in [3.63, 3.8) is 0 Å². The number of aromatic amines is 1. The van der Waals surface area contributed by atoms with Gasteiger partial charge in [0.1, 0.15) is 5.82 Å². The number of benzene rings is 1. The fraction of sp³-hybridized carbons (Fsp3) is 0.333. The predicted molar refractivity (Wildman–Crippen MR) is 144 cm³/mol. The Morgan fingerprint density at radius 3 is 2.76 bits per heavy atom. The second-order valence-electron chi connectivity index (χ2n) is 9.87. The van der Waals surface area contributed by atoms with Crippen LogP contribution in [-0.2, 0) is 19.5 Å². The Hall–Kier alpha value is -3.84. The molecular formula is C30H34N6O. The number of hydrogen-bond donors (Lipinski definition) is 2. The van der Waals surface area contributed by atoms with E-state index in [-0.39, 0.29) is 18.0 Å². The Kier molecular flexibility index (Phi) is 7.42. The molecule has 3 aromatic heterocycles. The maximum atomic E-state index is 12.9. The van der Waals surface area contributed by atoms with Crippen molar-refractivity contribution in [2.24, 2.45) is 0 Å². The van der Waals surface area contributed by atoms with Gasteiger partial charge in [0.15, 0.2) is 0 Å². The fourth-order valence-electron chi connectivity index (χ4n) is 5.44. The van der Waals surface area contributed by atoms with Crippen LogP contribution in [0, 0.1) is 13.8 Å². The van der Waals surface area contributed by atoms with Crippen molar-refractivity contribution in [1.82, 2.24) is 30.2 Å². The van der Waals surface area contributed by atoms with E-state index in [2.05, 4.69) is 62.4 Å². The van der Waals surface area contributed by atoms with E-state index in [1.807, 2.05) is 44.6 Å². The highest BCUT2D eigenvalue weighted by molar-refractivity contribution is 5.96. The van der Waals surface area contributed by atoms with Crippen molar-refractivity contribution in [3.8, 4) is 0 Å². The molecule has 1 aliphatic rings. The molecule has 0 radical (unpaired) electrons. The number of aromatic nitrogens is 4. The molecule has 0 fully saturated rings. The van der Waals surface area contributed by atoms with E-state index < -0.39 is 0 Å². The third-order valence-corrected chi connectivity index (χ3v) is 7.36. The number of hydrogen-bond acceptors (Lipinski definition) is 5. The molecule has 3 heterocycles. The van der Waals surface area contributed by atoms with Crippen LogP contribution in [0.25, 0.3) is 0 Å². The molecule has 7 heteroatoms. The van der Waals surface area contributed by atoms with Crippen molar-refractivity contribution >= 4 is 5.91 Å². The van der Waals surface area contributed by atoms with Crippen LogP contribution in [-0.4, -0.2) is 30.7 Å². The lowest BCUT2D eigenvalue weighted by Crippen LogP contribution is -2.34. The average Bonchev–Trinajstić information content (AvgIpc) is 3.45. The molecule has 2 unspecified atom stereocenters. The van der Waals surface area contributed by atoms with Crippen LogP contribution in [0.15, 0.2) is 67.3 Å². The second-order valence-corrected chi connectivity index (χ2v) is 9.87. The zero-order valence-corrected chi connectivity index (χ0v) is 21.7. The summed E-state index contributed by atoms with van der Waals surface area (Å²) >= 11 is 0. The number of nitrogens with one attached hydrogen (secondary N) is 2. The molecule has 0 saturated heterocycles. The normalized spacial score (nSPS) is 15.8. The molecule has 4 aromatic rings. The highest BCUT2D eigenvalue weighted by atomic mass is 16.1. The number of nitrogens with zero attached hydrogens (tertiary/aromatic N) is 4. The standard InChI is InChI=1S/C30H34N6O/c1-20-12-14-31-21(2)27(20)30(37)35-18-23-7-4-8-24(17-23)19-36(22(3)29-33-15-16-34-29)26-11-5-9-25-10-6-13-32-28(25)26/h4,6-8,10,12-17,22,26H,5,9,11,18-19H2,1-3H3,(H,33,34)(H,35,37). The van der Waals surface area contributed by atoms with E-state index >= 15 is 0 Å². The van der Waals surface area contributed by atoms with Gasteiger partial charge in [0.05, 0.1) is 29.0 Å². The quantitative estimate of drug-likeness (QED) is 0.343. The maximum absolute atomic E-state index is 12.9. The minimum Gasteiger partial charge on any atom is -0.348 e. The van der Waals surface area contributed by atoms with E-state index in [1.165, 1.54) is 16.8 Å². The van der Waals surface area contributed by atoms with Gasteiger partial charge in [0.2, 0.25) is 0 Å². The largest absolute Gasteiger partial charge is 0.348 e. The van der Waals surface area contributed by atoms with Crippen LogP contribution in [0.3, 0.4) is 0 Å². The van der Waals surface area contributed by atoms with Crippen molar-refractivity contribution in [2.75, 3.05) is 0 Å². The molecule has 1 aromatic carbocycles. The Morgan fingerprint density at radius 2 is 1.95 bits per heavy atom. The molecule has 0 spiro atoms. The summed E-state index contributed by atoms with van der Waals surface area (Å²) in [4.78, 5) is 32.4. The van der Waals surface area contributed by atoms with Gasteiger partial charge in [-0.1, -0.05) is 30.3 Å². The van der Waals surface area contributed by atoms with E-state index in [4.69, 9.17) is 4.98 Å². The minimum absolute atomic E-state index is 0.0906. The number of H-pyrrole nitrogens is 1. The molecule has 1 amide bonds. The van der Waals surface area contributed by atoms with E-state index in [0.29, 0.717) is 12.1 Å². The van der Waals surface area contributed by atoms with Crippen molar-refractivity contribution in [3.05, 3.63) is 112 Å². The van der Waals surface area contributed by atoms with Gasteiger partial charge in [-0.2, -0.15) is 0 Å². The zero-order chi connectivity index (χ0) is 25.8. The predicted octanol–water partition coefficient (Wildman–Crippen LogP) is 5.39. The number of rotatable bonds is 8. The van der Waals surface area contributed by atoms with E-state index in [9.17, 15) is 4.79 Å². The van der Waals surface area contributed by atoms with Crippen LogP contribution in [0.2, 0.25) is 0 Å². The summed E-state index contributed by atoms with van der Waals surface area (Å²) in [6.07, 6.45) is 10.6. The summed E-state index contributed by atoms with van der Waals surface area (Å²) < 4.78 is 0. The first-order chi connectivity index (χ1) is 18.0. The lowest BCUT2D eigenvalue weighted by Gasteiger charge is -2.38. The van der Waals surface area contributed by atoms with E-state index in [0.717, 1.165) is 48.5 Å². The molecule has 7 nitrogen and oxygen atoms in total. The van der Waals surface area contributed by atoms with Crippen LogP contribution >= 0.6 is 0 Å². The molecule has 0 aliphatic heterocycles. The number of carbonyl (C=O) groups excluding carboxylic acids is 1. The number of aryl methyl sites for hydroxylation is 3. The first-order valence-electron chi connectivity index (χ1n) is 13.0. The van der Waals surface area contributed by atoms with Crippen LogP contribution in [0.1, 0.15) is 81.7 Å². The van der Waals surface area contributed by atoms with Crippen LogP contribution in [0.4, 0.5) is 0 Å². The molecule has 37 heavy (non-hydrogen) atoms. The first-order valence-corrected chi connectivity index (χ1v) is 13.0. The highest BCUT2D eigenvalue weighted by Gasteiger charge is 2.31. The lowest BCUT2D eigenvalue weighted by molar-refractivity contribution is 0.0949.